The second-order valence-corrected chi connectivity index (χ2v) is 5.42. The molecule has 2 rings (SSSR count). The molecule has 4 unspecified atom stereocenters. The first-order chi connectivity index (χ1) is 7.31. The number of hydrogen-bond donors (Lipinski definition) is 2. The summed E-state index contributed by atoms with van der Waals surface area (Å²) in [5.74, 6) is 2.25. The van der Waals surface area contributed by atoms with Crippen LogP contribution < -0.4 is 5.32 Å². The molecule has 0 aromatic carbocycles. The van der Waals surface area contributed by atoms with Crippen molar-refractivity contribution in [2.45, 2.75) is 51.6 Å². The number of piperidine rings is 1. The Bertz CT molecular complexity index is 195. The standard InChI is InChI=1S/C13H25NO/c1-2-10-4-3-5-11(8-10)12-9-14-7-6-13(12)15/h10-15H,2-9H2,1H3. The monoisotopic (exact) mass is 211 g/mol. The molecule has 15 heavy (non-hydrogen) atoms. The lowest BCUT2D eigenvalue weighted by atomic mass is 9.71. The SMILES string of the molecule is CCC1CCCC(C2CNCCC2O)C1. The van der Waals surface area contributed by atoms with E-state index in [4.69, 9.17) is 0 Å². The van der Waals surface area contributed by atoms with E-state index in [0.717, 1.165) is 31.3 Å². The number of aliphatic hydroxyl groups excluding tert-OH is 1. The first-order valence-corrected chi connectivity index (χ1v) is 6.70. The van der Waals surface area contributed by atoms with Crippen molar-refractivity contribution in [2.24, 2.45) is 17.8 Å². The summed E-state index contributed by atoms with van der Waals surface area (Å²) in [6.07, 6.45) is 7.76. The van der Waals surface area contributed by atoms with Gasteiger partial charge in [-0.3, -0.25) is 0 Å². The molecule has 2 N–H and O–H groups in total. The van der Waals surface area contributed by atoms with Crippen molar-refractivity contribution in [3.05, 3.63) is 0 Å². The van der Waals surface area contributed by atoms with Crippen molar-refractivity contribution in [3.63, 3.8) is 0 Å². The number of aliphatic hydroxyl groups is 1. The lowest BCUT2D eigenvalue weighted by molar-refractivity contribution is 0.0267. The smallest absolute Gasteiger partial charge is 0.0595 e. The highest BCUT2D eigenvalue weighted by Crippen LogP contribution is 2.37. The Kier molecular flexibility index (Phi) is 4.04. The maximum absolute atomic E-state index is 10.0. The van der Waals surface area contributed by atoms with Gasteiger partial charge in [-0.25, -0.2) is 0 Å². The molecule has 0 aromatic heterocycles. The van der Waals surface area contributed by atoms with Crippen molar-refractivity contribution in [1.29, 1.82) is 0 Å². The Labute approximate surface area is 93.5 Å². The maximum atomic E-state index is 10.0. The van der Waals surface area contributed by atoms with E-state index in [-0.39, 0.29) is 6.10 Å². The fraction of sp³-hybridized carbons (Fsp3) is 1.00. The molecule has 0 radical (unpaired) electrons. The van der Waals surface area contributed by atoms with E-state index in [1.165, 1.54) is 32.1 Å². The lowest BCUT2D eigenvalue weighted by Gasteiger charge is -2.39. The largest absolute Gasteiger partial charge is 0.393 e. The zero-order valence-electron chi connectivity index (χ0n) is 9.91. The third kappa shape index (κ3) is 2.73. The molecule has 2 aliphatic rings. The predicted molar refractivity (Wildman–Crippen MR) is 62.7 cm³/mol. The van der Waals surface area contributed by atoms with Gasteiger partial charge in [-0.1, -0.05) is 32.6 Å². The summed E-state index contributed by atoms with van der Waals surface area (Å²) in [7, 11) is 0. The zero-order chi connectivity index (χ0) is 10.7. The van der Waals surface area contributed by atoms with Crippen LogP contribution in [-0.2, 0) is 0 Å². The van der Waals surface area contributed by atoms with Gasteiger partial charge >= 0.3 is 0 Å². The number of hydrogen-bond acceptors (Lipinski definition) is 2. The van der Waals surface area contributed by atoms with Crippen LogP contribution in [-0.4, -0.2) is 24.3 Å². The topological polar surface area (TPSA) is 32.3 Å². The average molecular weight is 211 g/mol. The van der Waals surface area contributed by atoms with Crippen LogP contribution in [0.25, 0.3) is 0 Å². The van der Waals surface area contributed by atoms with Gasteiger partial charge < -0.3 is 10.4 Å². The molecule has 0 spiro atoms. The number of nitrogens with one attached hydrogen (secondary N) is 1. The predicted octanol–water partition coefficient (Wildman–Crippen LogP) is 2.17. The molecule has 2 heteroatoms. The molecule has 1 saturated carbocycles. The van der Waals surface area contributed by atoms with Crippen LogP contribution in [0.3, 0.4) is 0 Å². The van der Waals surface area contributed by atoms with Gasteiger partial charge in [0.2, 0.25) is 0 Å². The fourth-order valence-corrected chi connectivity index (χ4v) is 3.44. The maximum Gasteiger partial charge on any atom is 0.0595 e. The van der Waals surface area contributed by atoms with Gasteiger partial charge in [-0.05, 0) is 31.2 Å². The fourth-order valence-electron chi connectivity index (χ4n) is 3.44. The molecule has 1 aliphatic heterocycles. The van der Waals surface area contributed by atoms with Crippen LogP contribution in [0.4, 0.5) is 0 Å². The Balaban J connectivity index is 1.90. The van der Waals surface area contributed by atoms with Gasteiger partial charge in [0, 0.05) is 12.5 Å². The van der Waals surface area contributed by atoms with Crippen LogP contribution in [0, 0.1) is 17.8 Å². The summed E-state index contributed by atoms with van der Waals surface area (Å²) in [4.78, 5) is 0. The first kappa shape index (κ1) is 11.4. The summed E-state index contributed by atoms with van der Waals surface area (Å²) in [6.45, 7) is 4.35. The highest BCUT2D eigenvalue weighted by Gasteiger charge is 2.33. The molecule has 1 heterocycles. The Morgan fingerprint density at radius 3 is 2.87 bits per heavy atom. The van der Waals surface area contributed by atoms with Crippen molar-refractivity contribution in [3.8, 4) is 0 Å². The summed E-state index contributed by atoms with van der Waals surface area (Å²) in [6, 6.07) is 0. The summed E-state index contributed by atoms with van der Waals surface area (Å²) in [5.41, 5.74) is 0. The lowest BCUT2D eigenvalue weighted by Crippen LogP contribution is -2.44. The van der Waals surface area contributed by atoms with E-state index in [2.05, 4.69) is 12.2 Å². The van der Waals surface area contributed by atoms with Crippen LogP contribution in [0.15, 0.2) is 0 Å². The Morgan fingerprint density at radius 2 is 2.13 bits per heavy atom. The Morgan fingerprint density at radius 1 is 1.27 bits per heavy atom. The van der Waals surface area contributed by atoms with Gasteiger partial charge in [-0.15, -0.1) is 0 Å². The van der Waals surface area contributed by atoms with Gasteiger partial charge in [0.1, 0.15) is 0 Å². The van der Waals surface area contributed by atoms with Gasteiger partial charge in [-0.2, -0.15) is 0 Å². The molecular weight excluding hydrogens is 186 g/mol. The van der Waals surface area contributed by atoms with E-state index in [0.29, 0.717) is 5.92 Å². The van der Waals surface area contributed by atoms with Crippen LogP contribution in [0.5, 0.6) is 0 Å². The van der Waals surface area contributed by atoms with E-state index in [9.17, 15) is 5.11 Å². The van der Waals surface area contributed by atoms with Gasteiger partial charge in [0.05, 0.1) is 6.10 Å². The molecule has 0 bridgehead atoms. The van der Waals surface area contributed by atoms with Crippen LogP contribution in [0.1, 0.15) is 45.4 Å². The minimum atomic E-state index is -0.0353. The van der Waals surface area contributed by atoms with Gasteiger partial charge in [0.15, 0.2) is 0 Å². The van der Waals surface area contributed by atoms with E-state index in [1.807, 2.05) is 0 Å². The average Bonchev–Trinajstić information content (AvgIpc) is 2.30. The van der Waals surface area contributed by atoms with E-state index >= 15 is 0 Å². The molecule has 88 valence electrons. The Hall–Kier alpha value is -0.0800. The molecule has 2 fully saturated rings. The highest BCUT2D eigenvalue weighted by atomic mass is 16.3. The molecule has 1 aliphatic carbocycles. The molecule has 4 atom stereocenters. The molecule has 0 amide bonds. The third-order valence-electron chi connectivity index (χ3n) is 4.50. The van der Waals surface area contributed by atoms with Crippen molar-refractivity contribution >= 4 is 0 Å². The normalized spacial score (nSPS) is 42.8. The minimum absolute atomic E-state index is 0.0353. The first-order valence-electron chi connectivity index (χ1n) is 6.70. The second kappa shape index (κ2) is 5.31. The van der Waals surface area contributed by atoms with Crippen molar-refractivity contribution in [1.82, 2.24) is 5.32 Å². The summed E-state index contributed by atoms with van der Waals surface area (Å²) < 4.78 is 0. The van der Waals surface area contributed by atoms with Crippen molar-refractivity contribution < 1.29 is 5.11 Å². The zero-order valence-corrected chi connectivity index (χ0v) is 9.91. The summed E-state index contributed by atoms with van der Waals surface area (Å²) >= 11 is 0. The van der Waals surface area contributed by atoms with Gasteiger partial charge in [0.25, 0.3) is 0 Å². The van der Waals surface area contributed by atoms with E-state index in [1.54, 1.807) is 0 Å². The van der Waals surface area contributed by atoms with E-state index < -0.39 is 0 Å². The molecule has 1 saturated heterocycles. The molecular formula is C13H25NO. The minimum Gasteiger partial charge on any atom is -0.393 e. The molecule has 0 aromatic rings. The highest BCUT2D eigenvalue weighted by molar-refractivity contribution is 4.86. The quantitative estimate of drug-likeness (QED) is 0.733. The molecule has 2 nitrogen and oxygen atoms in total. The third-order valence-corrected chi connectivity index (χ3v) is 4.50. The summed E-state index contributed by atoms with van der Waals surface area (Å²) in [5, 5.41) is 13.5. The number of rotatable bonds is 2. The van der Waals surface area contributed by atoms with Crippen molar-refractivity contribution in [2.75, 3.05) is 13.1 Å². The van der Waals surface area contributed by atoms with Crippen LogP contribution in [0.2, 0.25) is 0 Å². The second-order valence-electron chi connectivity index (χ2n) is 5.42. The van der Waals surface area contributed by atoms with Crippen LogP contribution >= 0.6 is 0 Å².